The number of amides is 1. The number of methoxy groups -OCH3 is 1. The number of carbonyl (C=O) groups excluding carboxylic acids is 1. The van der Waals surface area contributed by atoms with Gasteiger partial charge in [-0.25, -0.2) is 4.98 Å². The van der Waals surface area contributed by atoms with E-state index in [1.807, 2.05) is 41.3 Å². The third kappa shape index (κ3) is 4.03. The molecule has 0 spiro atoms. The number of aromatic nitrogens is 2. The molecule has 2 aromatic heterocycles. The summed E-state index contributed by atoms with van der Waals surface area (Å²) in [6.45, 7) is 9.58. The van der Waals surface area contributed by atoms with Crippen molar-refractivity contribution in [3.05, 3.63) is 53.7 Å². The number of fused-ring (bicyclic) bond motifs is 2. The van der Waals surface area contributed by atoms with Crippen molar-refractivity contribution in [2.45, 2.75) is 20.8 Å². The van der Waals surface area contributed by atoms with Crippen LogP contribution in [0.5, 0.6) is 5.75 Å². The van der Waals surface area contributed by atoms with E-state index in [-0.39, 0.29) is 5.91 Å². The van der Waals surface area contributed by atoms with Crippen LogP contribution in [0.15, 0.2) is 42.6 Å². The molecule has 2 aromatic carbocycles. The molecule has 31 heavy (non-hydrogen) atoms. The first-order valence-corrected chi connectivity index (χ1v) is 11.4. The van der Waals surface area contributed by atoms with Gasteiger partial charge >= 0.3 is 0 Å². The molecule has 4 rings (SSSR count). The van der Waals surface area contributed by atoms with E-state index < -0.39 is 0 Å². The molecular weight excluding hydrogens is 408 g/mol. The second-order valence-electron chi connectivity index (χ2n) is 7.49. The molecule has 7 heteroatoms. The Morgan fingerprint density at radius 2 is 1.90 bits per heavy atom. The molecule has 0 atom stereocenters. The van der Waals surface area contributed by atoms with Crippen LogP contribution in [0.4, 0.5) is 5.13 Å². The molecule has 0 bridgehead atoms. The summed E-state index contributed by atoms with van der Waals surface area (Å²) in [6.07, 6.45) is 1.80. The SMILES string of the molecule is CCN(CC)CCN(C(=O)c1c[nH]c2ccccc12)c1nc2c(OC)ccc(C)c2s1. The smallest absolute Gasteiger partial charge is 0.262 e. The van der Waals surface area contributed by atoms with Crippen LogP contribution in [0, 0.1) is 6.92 Å². The van der Waals surface area contributed by atoms with Crippen LogP contribution in [0.2, 0.25) is 0 Å². The Balaban J connectivity index is 1.78. The Bertz CT molecular complexity index is 1210. The van der Waals surface area contributed by atoms with Crippen molar-refractivity contribution in [2.75, 3.05) is 38.2 Å². The van der Waals surface area contributed by atoms with Crippen LogP contribution < -0.4 is 9.64 Å². The van der Waals surface area contributed by atoms with Crippen molar-refractivity contribution >= 4 is 43.5 Å². The van der Waals surface area contributed by atoms with E-state index in [2.05, 4.69) is 30.7 Å². The van der Waals surface area contributed by atoms with Gasteiger partial charge in [0.05, 0.1) is 17.4 Å². The van der Waals surface area contributed by atoms with E-state index in [1.165, 1.54) is 0 Å². The summed E-state index contributed by atoms with van der Waals surface area (Å²) in [4.78, 5) is 26.0. The molecule has 0 aliphatic heterocycles. The molecule has 0 saturated carbocycles. The number of anilines is 1. The highest BCUT2D eigenvalue weighted by Gasteiger charge is 2.25. The standard InChI is InChI=1S/C24H28N4O2S/c1-5-27(6-2)13-14-28(23(29)18-15-25-19-10-8-7-9-17(18)19)24-26-21-20(30-4)12-11-16(3)22(21)31-24/h7-12,15,25H,5-6,13-14H2,1-4H3. The first-order chi connectivity index (χ1) is 15.1. The van der Waals surface area contributed by atoms with Gasteiger partial charge in [0.15, 0.2) is 5.13 Å². The number of aryl methyl sites for hydroxylation is 1. The lowest BCUT2D eigenvalue weighted by atomic mass is 10.1. The van der Waals surface area contributed by atoms with Gasteiger partial charge in [-0.3, -0.25) is 9.69 Å². The van der Waals surface area contributed by atoms with Crippen LogP contribution in [0.1, 0.15) is 29.8 Å². The van der Waals surface area contributed by atoms with E-state index in [9.17, 15) is 4.79 Å². The number of likely N-dealkylation sites (N-methyl/N-ethyl adjacent to an activating group) is 1. The summed E-state index contributed by atoms with van der Waals surface area (Å²) >= 11 is 1.54. The Hall–Kier alpha value is -2.90. The zero-order valence-electron chi connectivity index (χ0n) is 18.4. The van der Waals surface area contributed by atoms with E-state index in [1.54, 1.807) is 24.6 Å². The van der Waals surface area contributed by atoms with Crippen molar-refractivity contribution in [3.63, 3.8) is 0 Å². The van der Waals surface area contributed by atoms with E-state index in [4.69, 9.17) is 9.72 Å². The number of ether oxygens (including phenoxy) is 1. The number of thiazole rings is 1. The first-order valence-electron chi connectivity index (χ1n) is 10.6. The van der Waals surface area contributed by atoms with Crippen molar-refractivity contribution < 1.29 is 9.53 Å². The molecule has 0 saturated heterocycles. The van der Waals surface area contributed by atoms with Gasteiger partial charge in [-0.05, 0) is 37.7 Å². The molecule has 0 radical (unpaired) electrons. The predicted molar refractivity (Wildman–Crippen MR) is 129 cm³/mol. The molecule has 4 aromatic rings. The Morgan fingerprint density at radius 1 is 1.13 bits per heavy atom. The molecule has 0 unspecified atom stereocenters. The number of hydrogen-bond acceptors (Lipinski definition) is 5. The number of nitrogens with zero attached hydrogens (tertiary/aromatic N) is 3. The molecule has 2 heterocycles. The minimum Gasteiger partial charge on any atom is -0.494 e. The maximum Gasteiger partial charge on any atom is 0.262 e. The summed E-state index contributed by atoms with van der Waals surface area (Å²) < 4.78 is 6.58. The van der Waals surface area contributed by atoms with Gasteiger partial charge in [0.1, 0.15) is 11.3 Å². The van der Waals surface area contributed by atoms with Gasteiger partial charge < -0.3 is 14.6 Å². The van der Waals surface area contributed by atoms with Gasteiger partial charge in [0, 0.05) is 30.2 Å². The third-order valence-corrected chi connectivity index (χ3v) is 6.96. The molecule has 0 fully saturated rings. The monoisotopic (exact) mass is 436 g/mol. The lowest BCUT2D eigenvalue weighted by Gasteiger charge is -2.24. The number of benzene rings is 2. The molecule has 162 valence electrons. The number of para-hydroxylation sites is 1. The number of H-pyrrole nitrogens is 1. The van der Waals surface area contributed by atoms with Crippen molar-refractivity contribution in [3.8, 4) is 5.75 Å². The number of rotatable bonds is 8. The lowest BCUT2D eigenvalue weighted by molar-refractivity contribution is 0.0985. The predicted octanol–water partition coefficient (Wildman–Crippen LogP) is 5.08. The largest absolute Gasteiger partial charge is 0.494 e. The highest BCUT2D eigenvalue weighted by atomic mass is 32.1. The van der Waals surface area contributed by atoms with Crippen LogP contribution in [-0.4, -0.2) is 54.1 Å². The Kier molecular flexibility index (Phi) is 6.25. The molecule has 1 N–H and O–H groups in total. The maximum atomic E-state index is 13.7. The van der Waals surface area contributed by atoms with Crippen molar-refractivity contribution in [2.24, 2.45) is 0 Å². The quantitative estimate of drug-likeness (QED) is 0.418. The normalized spacial score (nSPS) is 11.5. The zero-order chi connectivity index (χ0) is 22.0. The van der Waals surface area contributed by atoms with Gasteiger partial charge in [-0.15, -0.1) is 0 Å². The first kappa shape index (κ1) is 21.3. The molecule has 6 nitrogen and oxygen atoms in total. The van der Waals surface area contributed by atoms with Crippen molar-refractivity contribution in [1.82, 2.24) is 14.9 Å². The lowest BCUT2D eigenvalue weighted by Crippen LogP contribution is -2.38. The summed E-state index contributed by atoms with van der Waals surface area (Å²) in [5, 5.41) is 1.63. The number of carbonyl (C=O) groups is 1. The highest BCUT2D eigenvalue weighted by molar-refractivity contribution is 7.22. The number of nitrogens with one attached hydrogen (secondary N) is 1. The molecule has 0 aliphatic rings. The maximum absolute atomic E-state index is 13.7. The van der Waals surface area contributed by atoms with Crippen molar-refractivity contribution in [1.29, 1.82) is 0 Å². The summed E-state index contributed by atoms with van der Waals surface area (Å²) in [5.74, 6) is 0.687. The van der Waals surface area contributed by atoms with E-state index >= 15 is 0 Å². The van der Waals surface area contributed by atoms with Gasteiger partial charge in [-0.1, -0.05) is 49.4 Å². The molecule has 0 aliphatic carbocycles. The Morgan fingerprint density at radius 3 is 2.65 bits per heavy atom. The molecular formula is C24H28N4O2S. The second-order valence-corrected chi connectivity index (χ2v) is 8.47. The third-order valence-electron chi connectivity index (χ3n) is 5.74. The van der Waals surface area contributed by atoms with Crippen LogP contribution >= 0.6 is 11.3 Å². The van der Waals surface area contributed by atoms with Gasteiger partial charge in [-0.2, -0.15) is 0 Å². The Labute approximate surface area is 186 Å². The fourth-order valence-corrected chi connectivity index (χ4v) is 4.91. The van der Waals surface area contributed by atoms with Gasteiger partial charge in [0.2, 0.25) is 0 Å². The van der Waals surface area contributed by atoms with E-state index in [0.717, 1.165) is 52.1 Å². The highest BCUT2D eigenvalue weighted by Crippen LogP contribution is 2.37. The topological polar surface area (TPSA) is 61.5 Å². The fourth-order valence-electron chi connectivity index (χ4n) is 3.84. The summed E-state index contributed by atoms with van der Waals surface area (Å²) in [6, 6.07) is 11.9. The van der Waals surface area contributed by atoms with Crippen LogP contribution in [0.25, 0.3) is 21.1 Å². The minimum absolute atomic E-state index is 0.0414. The second kappa shape index (κ2) is 9.08. The molecule has 1 amide bonds. The average Bonchev–Trinajstić information content (AvgIpc) is 3.42. The number of hydrogen-bond donors (Lipinski definition) is 1. The van der Waals surface area contributed by atoms with Crippen LogP contribution in [0.3, 0.4) is 0 Å². The van der Waals surface area contributed by atoms with Crippen LogP contribution in [-0.2, 0) is 0 Å². The summed E-state index contributed by atoms with van der Waals surface area (Å²) in [7, 11) is 1.65. The number of aromatic amines is 1. The summed E-state index contributed by atoms with van der Waals surface area (Å²) in [5.41, 5.74) is 3.55. The van der Waals surface area contributed by atoms with Gasteiger partial charge in [0.25, 0.3) is 5.91 Å². The fraction of sp³-hybridized carbons (Fsp3) is 0.333. The average molecular weight is 437 g/mol. The zero-order valence-corrected chi connectivity index (χ0v) is 19.3. The van der Waals surface area contributed by atoms with E-state index in [0.29, 0.717) is 17.2 Å². The minimum atomic E-state index is -0.0414.